The van der Waals surface area contributed by atoms with E-state index in [2.05, 4.69) is 9.97 Å². The number of pyridine rings is 1. The number of thiazole rings is 1. The van der Waals surface area contributed by atoms with Crippen LogP contribution in [0.3, 0.4) is 0 Å². The van der Waals surface area contributed by atoms with Gasteiger partial charge in [-0.2, -0.15) is 0 Å². The summed E-state index contributed by atoms with van der Waals surface area (Å²) < 4.78 is 16.6. The number of aromatic nitrogens is 2. The maximum atomic E-state index is 11.1. The Hall–Kier alpha value is -2.05. The van der Waals surface area contributed by atoms with Crippen molar-refractivity contribution in [1.82, 2.24) is 9.97 Å². The molecule has 1 aliphatic carbocycles. The van der Waals surface area contributed by atoms with Gasteiger partial charge < -0.3 is 14.5 Å². The van der Waals surface area contributed by atoms with Crippen LogP contribution in [-0.4, -0.2) is 26.1 Å². The van der Waals surface area contributed by atoms with Crippen LogP contribution in [-0.2, 0) is 11.0 Å². The van der Waals surface area contributed by atoms with Gasteiger partial charge in [0.05, 0.1) is 11.2 Å². The van der Waals surface area contributed by atoms with Gasteiger partial charge in [-0.1, -0.05) is 12.1 Å². The SMILES string of the molecule is O=P(O)(O)COc1ccc(-c2cccnc2)c2c1-c1ncsc1C2. The molecular weight excluding hydrogens is 347 g/mol. The van der Waals surface area contributed by atoms with Crippen LogP contribution in [0.15, 0.2) is 42.2 Å². The van der Waals surface area contributed by atoms with Gasteiger partial charge in [-0.15, -0.1) is 11.3 Å². The zero-order chi connectivity index (χ0) is 16.7. The average molecular weight is 360 g/mol. The number of rotatable bonds is 4. The minimum absolute atomic E-state index is 0.450. The Morgan fingerprint density at radius 1 is 1.29 bits per heavy atom. The Morgan fingerprint density at radius 3 is 2.92 bits per heavy atom. The molecule has 2 aromatic heterocycles. The summed E-state index contributed by atoms with van der Waals surface area (Å²) in [6.45, 7) is 0. The highest BCUT2D eigenvalue weighted by Gasteiger charge is 2.29. The van der Waals surface area contributed by atoms with Crippen LogP contribution in [0.25, 0.3) is 22.4 Å². The number of hydrogen-bond donors (Lipinski definition) is 2. The second-order valence-corrected chi connectivity index (χ2v) is 7.97. The molecule has 0 bridgehead atoms. The molecule has 122 valence electrons. The second-order valence-electron chi connectivity index (χ2n) is 5.45. The van der Waals surface area contributed by atoms with Gasteiger partial charge in [0.2, 0.25) is 0 Å². The molecule has 3 aromatic rings. The van der Waals surface area contributed by atoms with Gasteiger partial charge in [0.1, 0.15) is 5.75 Å². The van der Waals surface area contributed by atoms with Crippen LogP contribution in [0.4, 0.5) is 0 Å². The summed E-state index contributed by atoms with van der Waals surface area (Å²) in [5.41, 5.74) is 6.51. The molecule has 0 atom stereocenters. The Bertz CT molecular complexity index is 952. The first-order chi connectivity index (χ1) is 11.5. The second kappa shape index (κ2) is 5.79. The molecule has 0 saturated heterocycles. The smallest absolute Gasteiger partial charge is 0.362 e. The van der Waals surface area contributed by atoms with Crippen LogP contribution in [0.5, 0.6) is 5.75 Å². The predicted molar refractivity (Wildman–Crippen MR) is 91.1 cm³/mol. The van der Waals surface area contributed by atoms with Gasteiger partial charge in [-0.3, -0.25) is 9.55 Å². The van der Waals surface area contributed by atoms with E-state index in [1.54, 1.807) is 35.3 Å². The lowest BCUT2D eigenvalue weighted by Gasteiger charge is -2.14. The number of ether oxygens (including phenoxy) is 1. The van der Waals surface area contributed by atoms with Gasteiger partial charge >= 0.3 is 7.60 Å². The molecule has 0 unspecified atom stereocenters. The normalized spacial score (nSPS) is 12.8. The zero-order valence-electron chi connectivity index (χ0n) is 12.4. The van der Waals surface area contributed by atoms with Crippen LogP contribution in [0, 0.1) is 0 Å². The van der Waals surface area contributed by atoms with E-state index in [1.165, 1.54) is 0 Å². The van der Waals surface area contributed by atoms with Crippen LogP contribution in [0.1, 0.15) is 10.4 Å². The molecule has 0 aliphatic heterocycles. The number of hydrogen-bond acceptors (Lipinski definition) is 5. The van der Waals surface area contributed by atoms with Gasteiger partial charge in [-0.05, 0) is 23.3 Å². The molecule has 8 heteroatoms. The van der Waals surface area contributed by atoms with E-state index in [0.717, 1.165) is 39.2 Å². The molecule has 0 saturated carbocycles. The van der Waals surface area contributed by atoms with Crippen LogP contribution in [0.2, 0.25) is 0 Å². The quantitative estimate of drug-likeness (QED) is 0.543. The molecular formula is C16H13N2O4PS. The van der Waals surface area contributed by atoms with E-state index < -0.39 is 13.9 Å². The largest absolute Gasteiger partial charge is 0.480 e. The first-order valence-electron chi connectivity index (χ1n) is 7.19. The van der Waals surface area contributed by atoms with E-state index in [0.29, 0.717) is 5.75 Å². The maximum absolute atomic E-state index is 11.1. The molecule has 0 radical (unpaired) electrons. The van der Waals surface area contributed by atoms with Crippen molar-refractivity contribution in [2.75, 3.05) is 6.35 Å². The predicted octanol–water partition coefficient (Wildman–Crippen LogP) is 3.29. The summed E-state index contributed by atoms with van der Waals surface area (Å²) in [7, 11) is -4.25. The highest BCUT2D eigenvalue weighted by Crippen LogP contribution is 2.48. The summed E-state index contributed by atoms with van der Waals surface area (Å²) in [6, 6.07) is 7.51. The van der Waals surface area contributed by atoms with Crippen molar-refractivity contribution in [1.29, 1.82) is 0 Å². The minimum atomic E-state index is -4.25. The fourth-order valence-corrected chi connectivity index (χ4v) is 3.98. The Kier molecular flexibility index (Phi) is 3.73. The van der Waals surface area contributed by atoms with Crippen molar-refractivity contribution < 1.29 is 19.1 Å². The maximum Gasteiger partial charge on any atom is 0.362 e. The van der Waals surface area contributed by atoms with Gasteiger partial charge in [0.15, 0.2) is 6.35 Å². The molecule has 6 nitrogen and oxygen atoms in total. The number of fused-ring (bicyclic) bond motifs is 3. The average Bonchev–Trinajstić information content (AvgIpc) is 3.13. The third kappa shape index (κ3) is 2.76. The molecule has 0 fully saturated rings. The van der Waals surface area contributed by atoms with Crippen molar-refractivity contribution in [2.45, 2.75) is 6.42 Å². The highest BCUT2D eigenvalue weighted by atomic mass is 32.1. The summed E-state index contributed by atoms with van der Waals surface area (Å²) in [5, 5.41) is 0. The first kappa shape index (κ1) is 15.5. The van der Waals surface area contributed by atoms with E-state index in [-0.39, 0.29) is 0 Å². The summed E-state index contributed by atoms with van der Waals surface area (Å²) >= 11 is 1.57. The van der Waals surface area contributed by atoms with E-state index in [1.807, 2.05) is 18.2 Å². The molecule has 2 heterocycles. The fraction of sp³-hybridized carbons (Fsp3) is 0.125. The third-order valence-electron chi connectivity index (χ3n) is 3.85. The summed E-state index contributed by atoms with van der Waals surface area (Å²) in [5.74, 6) is 0.450. The van der Waals surface area contributed by atoms with Crippen molar-refractivity contribution in [2.24, 2.45) is 0 Å². The van der Waals surface area contributed by atoms with E-state index in [4.69, 9.17) is 14.5 Å². The fourth-order valence-electron chi connectivity index (χ4n) is 2.90. The summed E-state index contributed by atoms with van der Waals surface area (Å²) in [4.78, 5) is 27.9. The van der Waals surface area contributed by atoms with Crippen molar-refractivity contribution >= 4 is 18.9 Å². The van der Waals surface area contributed by atoms with Gasteiger partial charge in [-0.25, -0.2) is 4.98 Å². The molecule has 2 N–H and O–H groups in total. The number of nitrogens with zero attached hydrogens (tertiary/aromatic N) is 2. The van der Waals surface area contributed by atoms with E-state index in [9.17, 15) is 4.57 Å². The highest BCUT2D eigenvalue weighted by molar-refractivity contribution is 7.51. The van der Waals surface area contributed by atoms with Gasteiger partial charge in [0.25, 0.3) is 0 Å². The van der Waals surface area contributed by atoms with Crippen molar-refractivity contribution in [3.05, 3.63) is 52.6 Å². The molecule has 1 aromatic carbocycles. The van der Waals surface area contributed by atoms with Crippen molar-refractivity contribution in [3.8, 4) is 28.1 Å². The zero-order valence-corrected chi connectivity index (χ0v) is 14.1. The standard InChI is InChI=1S/C16H13N2O4PS/c19-23(20,21)9-22-13-4-3-11(10-2-1-5-17-7-10)12-6-14-16(15(12)13)18-8-24-14/h1-5,7-8H,6,9H2,(H2,19,20,21). The molecule has 0 spiro atoms. The molecule has 24 heavy (non-hydrogen) atoms. The molecule has 4 rings (SSSR count). The Balaban J connectivity index is 1.84. The van der Waals surface area contributed by atoms with Crippen LogP contribution >= 0.6 is 18.9 Å². The van der Waals surface area contributed by atoms with Crippen molar-refractivity contribution in [3.63, 3.8) is 0 Å². The lowest BCUT2D eigenvalue weighted by atomic mass is 9.97. The monoisotopic (exact) mass is 360 g/mol. The lowest BCUT2D eigenvalue weighted by Crippen LogP contribution is -2.01. The summed E-state index contributed by atoms with van der Waals surface area (Å²) in [6.07, 6.45) is 3.60. The van der Waals surface area contributed by atoms with E-state index >= 15 is 0 Å². The molecule has 0 amide bonds. The third-order valence-corrected chi connectivity index (χ3v) is 5.15. The Labute approximate surface area is 142 Å². The Morgan fingerprint density at radius 2 is 2.17 bits per heavy atom. The minimum Gasteiger partial charge on any atom is -0.480 e. The van der Waals surface area contributed by atoms with Gasteiger partial charge in [0, 0.05) is 34.8 Å². The molecule has 1 aliphatic rings. The van der Waals surface area contributed by atoms with Crippen LogP contribution < -0.4 is 4.74 Å². The first-order valence-corrected chi connectivity index (χ1v) is 9.87. The number of benzene rings is 1. The lowest BCUT2D eigenvalue weighted by molar-refractivity contribution is 0.301. The topological polar surface area (TPSA) is 92.5 Å².